The molecule has 0 unspecified atom stereocenters. The molecule has 1 saturated carbocycles. The first kappa shape index (κ1) is 21.4. The number of aryl methyl sites for hydroxylation is 3. The Bertz CT molecular complexity index is 1350. The van der Waals surface area contributed by atoms with Gasteiger partial charge in [-0.3, -0.25) is 9.48 Å². The summed E-state index contributed by atoms with van der Waals surface area (Å²) in [7, 11) is 1.93. The van der Waals surface area contributed by atoms with Crippen LogP contribution < -0.4 is 5.32 Å². The standard InChI is InChI=1S/C26H30N6O/c1-15(23-16(2)29-31(5)18(23)4)27-26(33)21-13-22(20-11-12-20)28-25-24(21)17(3)30-32(25)14-19-9-7-6-8-10-19/h6-10,13,15,20H,11-12,14H2,1-5H3,(H,27,33)/t15-/m1/s1. The van der Waals surface area contributed by atoms with Crippen LogP contribution in [0.5, 0.6) is 0 Å². The summed E-state index contributed by atoms with van der Waals surface area (Å²) in [5.74, 6) is 0.336. The third-order valence-corrected chi connectivity index (χ3v) is 6.66. The number of aromatic nitrogens is 5. The highest BCUT2D eigenvalue weighted by molar-refractivity contribution is 6.06. The number of rotatable bonds is 6. The lowest BCUT2D eigenvalue weighted by atomic mass is 10.0. The molecule has 1 aliphatic carbocycles. The third-order valence-electron chi connectivity index (χ3n) is 6.66. The van der Waals surface area contributed by atoms with Crippen molar-refractivity contribution in [2.75, 3.05) is 0 Å². The Morgan fingerprint density at radius 1 is 1.12 bits per heavy atom. The van der Waals surface area contributed by atoms with E-state index in [0.29, 0.717) is 18.0 Å². The van der Waals surface area contributed by atoms with Crippen molar-refractivity contribution in [3.63, 3.8) is 0 Å². The van der Waals surface area contributed by atoms with Gasteiger partial charge in [0, 0.05) is 29.9 Å². The van der Waals surface area contributed by atoms with Gasteiger partial charge in [0.2, 0.25) is 0 Å². The molecule has 5 rings (SSSR count). The number of hydrogen-bond donors (Lipinski definition) is 1. The Hall–Kier alpha value is -3.48. The highest BCUT2D eigenvalue weighted by Crippen LogP contribution is 2.40. The minimum absolute atomic E-state index is 0.0955. The van der Waals surface area contributed by atoms with Crippen LogP contribution in [-0.4, -0.2) is 30.5 Å². The van der Waals surface area contributed by atoms with Crippen molar-refractivity contribution in [2.24, 2.45) is 7.05 Å². The number of amides is 1. The maximum absolute atomic E-state index is 13.6. The third kappa shape index (κ3) is 3.92. The van der Waals surface area contributed by atoms with Crippen LogP contribution in [-0.2, 0) is 13.6 Å². The first-order valence-corrected chi connectivity index (χ1v) is 11.6. The lowest BCUT2D eigenvalue weighted by molar-refractivity contribution is 0.0941. The summed E-state index contributed by atoms with van der Waals surface area (Å²) in [5.41, 5.74) is 7.47. The zero-order chi connectivity index (χ0) is 23.3. The van der Waals surface area contributed by atoms with Gasteiger partial charge in [0.1, 0.15) is 0 Å². The minimum atomic E-state index is -0.154. The van der Waals surface area contributed by atoms with Crippen LogP contribution in [0.15, 0.2) is 36.4 Å². The molecule has 1 aromatic carbocycles. The molecule has 1 atom stereocenters. The Morgan fingerprint density at radius 2 is 1.85 bits per heavy atom. The molecular formula is C26H30N6O. The van der Waals surface area contributed by atoms with Crippen molar-refractivity contribution in [2.45, 2.75) is 59.0 Å². The quantitative estimate of drug-likeness (QED) is 0.477. The Balaban J connectivity index is 1.55. The molecule has 3 aromatic heterocycles. The zero-order valence-corrected chi connectivity index (χ0v) is 19.9. The molecule has 4 aromatic rings. The number of nitrogens with zero attached hydrogens (tertiary/aromatic N) is 5. The topological polar surface area (TPSA) is 77.6 Å². The van der Waals surface area contributed by atoms with Crippen molar-refractivity contribution >= 4 is 16.9 Å². The number of carbonyl (C=O) groups excluding carboxylic acids is 1. The van der Waals surface area contributed by atoms with E-state index >= 15 is 0 Å². The largest absolute Gasteiger partial charge is 0.345 e. The number of benzene rings is 1. The average Bonchev–Trinajstić information content (AvgIpc) is 3.54. The summed E-state index contributed by atoms with van der Waals surface area (Å²) >= 11 is 0. The van der Waals surface area contributed by atoms with Crippen LogP contribution in [0, 0.1) is 20.8 Å². The van der Waals surface area contributed by atoms with Crippen LogP contribution in [0.4, 0.5) is 0 Å². The van der Waals surface area contributed by atoms with Crippen molar-refractivity contribution in [1.82, 2.24) is 29.9 Å². The molecular weight excluding hydrogens is 412 g/mol. The number of nitrogens with one attached hydrogen (secondary N) is 1. The number of carbonyl (C=O) groups is 1. The van der Waals surface area contributed by atoms with Crippen LogP contribution in [0.3, 0.4) is 0 Å². The fourth-order valence-corrected chi connectivity index (χ4v) is 4.77. The monoisotopic (exact) mass is 442 g/mol. The Morgan fingerprint density at radius 3 is 2.48 bits per heavy atom. The van der Waals surface area contributed by atoms with Gasteiger partial charge in [0.25, 0.3) is 5.91 Å². The number of hydrogen-bond acceptors (Lipinski definition) is 4. The Labute approximate surface area is 193 Å². The predicted octanol–water partition coefficient (Wildman–Crippen LogP) is 4.51. The van der Waals surface area contributed by atoms with Gasteiger partial charge in [-0.15, -0.1) is 0 Å². The van der Waals surface area contributed by atoms with Gasteiger partial charge < -0.3 is 5.32 Å². The van der Waals surface area contributed by atoms with Crippen LogP contribution in [0.2, 0.25) is 0 Å². The zero-order valence-electron chi connectivity index (χ0n) is 19.9. The van der Waals surface area contributed by atoms with E-state index in [2.05, 4.69) is 22.5 Å². The van der Waals surface area contributed by atoms with E-state index in [4.69, 9.17) is 10.1 Å². The maximum Gasteiger partial charge on any atom is 0.252 e. The summed E-state index contributed by atoms with van der Waals surface area (Å²) in [6.45, 7) is 8.61. The molecule has 1 aliphatic rings. The van der Waals surface area contributed by atoms with Gasteiger partial charge in [0.05, 0.1) is 34.9 Å². The Kier molecular flexibility index (Phi) is 5.27. The second-order valence-electron chi connectivity index (χ2n) is 9.20. The van der Waals surface area contributed by atoms with E-state index in [1.165, 1.54) is 0 Å². The van der Waals surface area contributed by atoms with E-state index in [9.17, 15) is 4.79 Å². The van der Waals surface area contributed by atoms with Gasteiger partial charge >= 0.3 is 0 Å². The molecule has 1 amide bonds. The lowest BCUT2D eigenvalue weighted by Crippen LogP contribution is -2.28. The smallest absolute Gasteiger partial charge is 0.252 e. The van der Waals surface area contributed by atoms with Gasteiger partial charge in [-0.25, -0.2) is 9.67 Å². The summed E-state index contributed by atoms with van der Waals surface area (Å²) in [6.07, 6.45) is 2.24. The van der Waals surface area contributed by atoms with Crippen molar-refractivity contribution < 1.29 is 4.79 Å². The van der Waals surface area contributed by atoms with Crippen molar-refractivity contribution in [1.29, 1.82) is 0 Å². The summed E-state index contributed by atoms with van der Waals surface area (Å²) < 4.78 is 3.79. The molecule has 1 fully saturated rings. The van der Waals surface area contributed by atoms with E-state index in [0.717, 1.165) is 57.8 Å². The van der Waals surface area contributed by atoms with E-state index in [1.807, 2.05) is 68.4 Å². The first-order chi connectivity index (χ1) is 15.8. The molecule has 33 heavy (non-hydrogen) atoms. The average molecular weight is 443 g/mol. The van der Waals surface area contributed by atoms with Crippen LogP contribution in [0.25, 0.3) is 11.0 Å². The highest BCUT2D eigenvalue weighted by Gasteiger charge is 2.29. The van der Waals surface area contributed by atoms with Gasteiger partial charge in [-0.1, -0.05) is 30.3 Å². The molecule has 0 bridgehead atoms. The van der Waals surface area contributed by atoms with Crippen molar-refractivity contribution in [3.8, 4) is 0 Å². The highest BCUT2D eigenvalue weighted by atomic mass is 16.1. The fraction of sp³-hybridized carbons (Fsp3) is 0.385. The minimum Gasteiger partial charge on any atom is -0.345 e. The van der Waals surface area contributed by atoms with Gasteiger partial charge in [-0.05, 0) is 52.2 Å². The molecule has 0 saturated heterocycles. The van der Waals surface area contributed by atoms with E-state index in [-0.39, 0.29) is 11.9 Å². The molecule has 0 aliphatic heterocycles. The molecule has 7 nitrogen and oxygen atoms in total. The normalized spacial score (nSPS) is 14.6. The molecule has 1 N–H and O–H groups in total. The van der Waals surface area contributed by atoms with Gasteiger partial charge in [-0.2, -0.15) is 10.2 Å². The molecule has 0 radical (unpaired) electrons. The molecule has 7 heteroatoms. The fourth-order valence-electron chi connectivity index (χ4n) is 4.77. The van der Waals surface area contributed by atoms with Crippen molar-refractivity contribution in [3.05, 3.63) is 75.9 Å². The SMILES string of the molecule is Cc1nn(C)c(C)c1[C@@H](C)NC(=O)c1cc(C2CC2)nc2c1c(C)nn2Cc1ccccc1. The molecule has 170 valence electrons. The first-order valence-electron chi connectivity index (χ1n) is 11.6. The summed E-state index contributed by atoms with van der Waals surface area (Å²) in [6, 6.07) is 12.1. The number of pyridine rings is 1. The van der Waals surface area contributed by atoms with E-state index in [1.54, 1.807) is 0 Å². The maximum atomic E-state index is 13.6. The van der Waals surface area contributed by atoms with Crippen LogP contribution >= 0.6 is 0 Å². The van der Waals surface area contributed by atoms with Crippen LogP contribution in [0.1, 0.15) is 76.0 Å². The summed E-state index contributed by atoms with van der Waals surface area (Å²) in [5, 5.41) is 13.3. The van der Waals surface area contributed by atoms with Gasteiger partial charge in [0.15, 0.2) is 5.65 Å². The van der Waals surface area contributed by atoms with E-state index < -0.39 is 0 Å². The second kappa shape index (κ2) is 8.14. The predicted molar refractivity (Wildman–Crippen MR) is 128 cm³/mol. The summed E-state index contributed by atoms with van der Waals surface area (Å²) in [4.78, 5) is 18.6. The molecule has 3 heterocycles. The molecule has 0 spiro atoms. The lowest BCUT2D eigenvalue weighted by Gasteiger charge is -2.16. The number of fused-ring (bicyclic) bond motifs is 1. The second-order valence-corrected chi connectivity index (χ2v) is 9.20.